The lowest BCUT2D eigenvalue weighted by Crippen LogP contribution is -2.28. The molecular weight excluding hydrogens is 981 g/mol. The predicted molar refractivity (Wildman–Crippen MR) is 352 cm³/mol. The number of rotatable bonds is 58. The van der Waals surface area contributed by atoms with Gasteiger partial charge in [-0.2, -0.15) is 0 Å². The first-order chi connectivity index (χ1) is 39.6. The second-order valence-corrected chi connectivity index (χ2v) is 21.1. The Morgan fingerprint density at radius 1 is 0.287 bits per heavy atom. The fraction of sp³-hybridized carbons (Fsp3) is 0.600. The third-order valence-corrected chi connectivity index (χ3v) is 13.5. The Bertz CT molecular complexity index is 1770. The van der Waals surface area contributed by atoms with Crippen molar-refractivity contribution in [3.63, 3.8) is 0 Å². The van der Waals surface area contributed by atoms with Crippen LogP contribution in [0.4, 0.5) is 0 Å². The molecule has 1 unspecified atom stereocenters. The smallest absolute Gasteiger partial charge is 0.306 e. The number of carbonyl (C=O) groups excluding carboxylic acids is 2. The highest BCUT2D eigenvalue weighted by molar-refractivity contribution is 5.70. The van der Waals surface area contributed by atoms with E-state index in [1.165, 1.54) is 109 Å². The molecule has 0 amide bonds. The van der Waals surface area contributed by atoms with E-state index in [0.717, 1.165) is 135 Å². The molecule has 0 saturated carbocycles. The van der Waals surface area contributed by atoms with Gasteiger partial charge in [0.25, 0.3) is 0 Å². The van der Waals surface area contributed by atoms with Crippen LogP contribution in [-0.4, -0.2) is 36.4 Å². The van der Waals surface area contributed by atoms with Crippen LogP contribution in [0.5, 0.6) is 0 Å². The van der Waals surface area contributed by atoms with Crippen molar-refractivity contribution in [2.45, 2.75) is 277 Å². The highest BCUT2D eigenvalue weighted by Crippen LogP contribution is 2.16. The van der Waals surface area contributed by atoms with Crippen molar-refractivity contribution >= 4 is 11.9 Å². The van der Waals surface area contributed by atoms with Crippen molar-refractivity contribution in [1.29, 1.82) is 0 Å². The quantitative estimate of drug-likeness (QED) is 0.0373. The van der Waals surface area contributed by atoms with Crippen LogP contribution >= 0.6 is 0 Å². The van der Waals surface area contributed by atoms with Crippen LogP contribution in [0.25, 0.3) is 0 Å². The Labute approximate surface area is 493 Å². The van der Waals surface area contributed by atoms with Crippen molar-refractivity contribution in [3.05, 3.63) is 170 Å². The molecule has 1 N–H and O–H groups in total. The van der Waals surface area contributed by atoms with E-state index in [0.29, 0.717) is 12.8 Å². The van der Waals surface area contributed by atoms with Gasteiger partial charge >= 0.3 is 11.9 Å². The monoisotopic (exact) mass is 1100 g/mol. The molecule has 0 aliphatic rings. The van der Waals surface area contributed by atoms with Gasteiger partial charge in [-0.25, -0.2) is 0 Å². The van der Waals surface area contributed by atoms with Crippen molar-refractivity contribution in [2.75, 3.05) is 13.2 Å². The Hall–Kier alpha value is -4.74. The Balaban J connectivity index is 3.58. The molecule has 0 bridgehead atoms. The number of carbonyl (C=O) groups is 2. The van der Waals surface area contributed by atoms with Crippen LogP contribution in [0.1, 0.15) is 271 Å². The van der Waals surface area contributed by atoms with Crippen LogP contribution in [0.3, 0.4) is 0 Å². The van der Waals surface area contributed by atoms with Gasteiger partial charge < -0.3 is 14.6 Å². The minimum absolute atomic E-state index is 0.0782. The maximum atomic E-state index is 12.4. The van der Waals surface area contributed by atoms with Crippen molar-refractivity contribution < 1.29 is 24.2 Å². The first-order valence-electron chi connectivity index (χ1n) is 32.7. The third kappa shape index (κ3) is 65.8. The van der Waals surface area contributed by atoms with E-state index < -0.39 is 6.10 Å². The number of aliphatic hydroxyl groups excluding tert-OH is 1. The summed E-state index contributed by atoms with van der Waals surface area (Å²) in [5.74, 6) is -0.606. The van der Waals surface area contributed by atoms with E-state index >= 15 is 0 Å². The zero-order chi connectivity index (χ0) is 57.6. The Morgan fingerprint density at radius 2 is 0.500 bits per heavy atom. The molecule has 450 valence electrons. The first kappa shape index (κ1) is 75.3. The molecule has 80 heavy (non-hydrogen) atoms. The van der Waals surface area contributed by atoms with Crippen LogP contribution < -0.4 is 0 Å². The lowest BCUT2D eigenvalue weighted by Gasteiger charge is -2.15. The fourth-order valence-electron chi connectivity index (χ4n) is 8.69. The molecule has 0 saturated heterocycles. The summed E-state index contributed by atoms with van der Waals surface area (Å²) in [5.41, 5.74) is 0. The van der Waals surface area contributed by atoms with E-state index in [1.807, 2.05) is 0 Å². The van der Waals surface area contributed by atoms with E-state index in [-0.39, 0.29) is 25.2 Å². The Kier molecular flexibility index (Phi) is 64.5. The van der Waals surface area contributed by atoms with Gasteiger partial charge in [0.2, 0.25) is 0 Å². The topological polar surface area (TPSA) is 72.8 Å². The lowest BCUT2D eigenvalue weighted by atomic mass is 10.0. The number of hydrogen-bond donors (Lipinski definition) is 1. The SMILES string of the molecule is CC/C=C\C/C=C\C/C=C\C/C=C\C/C=C\C/C=C\C/C=C\C/C=C\C/C=C\C/C=C\CCCCCCCCCCC(=O)OC(CO)COC(=O)CCCCCCCCCCCCCCCC/C=C\C/C=C\C/C=C\C/C=C\CC. The third-order valence-electron chi connectivity index (χ3n) is 13.5. The molecule has 1 atom stereocenters. The molecular formula is C75H120O5. The van der Waals surface area contributed by atoms with Crippen LogP contribution in [-0.2, 0) is 19.1 Å². The minimum atomic E-state index is -0.790. The largest absolute Gasteiger partial charge is 0.462 e. The number of unbranched alkanes of at least 4 members (excludes halogenated alkanes) is 22. The molecule has 5 heteroatoms. The van der Waals surface area contributed by atoms with E-state index in [1.54, 1.807) is 0 Å². The average Bonchev–Trinajstić information content (AvgIpc) is 3.46. The minimum Gasteiger partial charge on any atom is -0.462 e. The number of hydrogen-bond acceptors (Lipinski definition) is 5. The standard InChI is InChI=1S/C75H120O5/c1-3-5-7-9-11-13-15-17-19-21-23-25-27-29-31-32-33-34-35-36-37-38-39-40-41-42-44-46-48-50-52-54-56-58-60-62-64-66-68-70-75(78)80-73(71-76)72-79-74(77)69-67-65-63-61-59-57-55-53-51-49-47-45-43-30-28-26-24-22-20-18-16-14-12-10-8-6-4-2/h5-8,11-14,17-20,23-26,29,31,33-34,36-37,39-40,42,44,48,50,73,76H,3-4,9-10,15-16,21-22,27-28,30,32,35,38,41,43,45-47,49,51-72H2,1-2H3/b7-5-,8-6-,13-11-,14-12-,19-17-,20-18-,25-23-,26-24-,31-29-,34-33-,37-36-,40-39-,44-42-,50-48-. The highest BCUT2D eigenvalue weighted by Gasteiger charge is 2.16. The summed E-state index contributed by atoms with van der Waals surface area (Å²) in [7, 11) is 0. The van der Waals surface area contributed by atoms with Gasteiger partial charge in [0.1, 0.15) is 6.61 Å². The van der Waals surface area contributed by atoms with Gasteiger partial charge in [0, 0.05) is 12.8 Å². The first-order valence-corrected chi connectivity index (χ1v) is 32.7. The van der Waals surface area contributed by atoms with Crippen molar-refractivity contribution in [1.82, 2.24) is 0 Å². The number of esters is 2. The summed E-state index contributed by atoms with van der Waals surface area (Å²) in [4.78, 5) is 24.6. The summed E-state index contributed by atoms with van der Waals surface area (Å²) >= 11 is 0. The molecule has 0 fully saturated rings. The fourth-order valence-corrected chi connectivity index (χ4v) is 8.69. The van der Waals surface area contributed by atoms with Gasteiger partial charge in [-0.05, 0) is 128 Å². The van der Waals surface area contributed by atoms with Crippen LogP contribution in [0, 0.1) is 0 Å². The molecule has 0 heterocycles. The normalized spacial score (nSPS) is 13.4. The number of ether oxygens (including phenoxy) is 2. The van der Waals surface area contributed by atoms with E-state index in [4.69, 9.17) is 9.47 Å². The molecule has 0 aromatic rings. The lowest BCUT2D eigenvalue weighted by molar-refractivity contribution is -0.161. The summed E-state index contributed by atoms with van der Waals surface area (Å²) in [6, 6.07) is 0. The number of allylic oxidation sites excluding steroid dienone is 28. The molecule has 0 spiro atoms. The van der Waals surface area contributed by atoms with Crippen LogP contribution in [0.15, 0.2) is 170 Å². The molecule has 5 nitrogen and oxygen atoms in total. The number of aliphatic hydroxyl groups is 1. The summed E-state index contributed by atoms with van der Waals surface area (Å²) < 4.78 is 10.7. The highest BCUT2D eigenvalue weighted by atomic mass is 16.6. The van der Waals surface area contributed by atoms with Crippen LogP contribution in [0.2, 0.25) is 0 Å². The molecule has 0 radical (unpaired) electrons. The predicted octanol–water partition coefficient (Wildman–Crippen LogP) is 22.9. The zero-order valence-electron chi connectivity index (χ0n) is 51.5. The van der Waals surface area contributed by atoms with Gasteiger partial charge in [-0.1, -0.05) is 300 Å². The second kappa shape index (κ2) is 68.5. The zero-order valence-corrected chi connectivity index (χ0v) is 51.5. The molecule has 0 aliphatic carbocycles. The molecule has 0 aromatic carbocycles. The summed E-state index contributed by atoms with van der Waals surface area (Å²) in [6.45, 7) is 3.91. The molecule has 0 rings (SSSR count). The van der Waals surface area contributed by atoms with E-state index in [9.17, 15) is 14.7 Å². The maximum Gasteiger partial charge on any atom is 0.306 e. The maximum absolute atomic E-state index is 12.4. The summed E-state index contributed by atoms with van der Waals surface area (Å²) in [6.07, 6.45) is 106. The molecule has 0 aliphatic heterocycles. The van der Waals surface area contributed by atoms with Crippen molar-refractivity contribution in [2.24, 2.45) is 0 Å². The van der Waals surface area contributed by atoms with Gasteiger partial charge in [-0.3, -0.25) is 9.59 Å². The van der Waals surface area contributed by atoms with Gasteiger partial charge in [-0.15, -0.1) is 0 Å². The van der Waals surface area contributed by atoms with Gasteiger partial charge in [0.05, 0.1) is 6.61 Å². The second-order valence-electron chi connectivity index (χ2n) is 21.1. The Morgan fingerprint density at radius 3 is 0.750 bits per heavy atom. The van der Waals surface area contributed by atoms with Crippen molar-refractivity contribution in [3.8, 4) is 0 Å². The van der Waals surface area contributed by atoms with E-state index in [2.05, 4.69) is 184 Å². The van der Waals surface area contributed by atoms with Gasteiger partial charge in [0.15, 0.2) is 6.10 Å². The summed E-state index contributed by atoms with van der Waals surface area (Å²) in [5, 5.41) is 9.69. The molecule has 0 aromatic heterocycles. The average molecular weight is 1100 g/mol.